The molecule has 0 aliphatic heterocycles. The van der Waals surface area contributed by atoms with Gasteiger partial charge in [0, 0.05) is 45.2 Å². The third-order valence-electron chi connectivity index (χ3n) is 27.9. The molecule has 634 valence electrons. The standard InChI is InChI=1S/C47H35N.C42H33N.C41H31N/c1-47(2,3)36-26-34-22-24-38-40(30-12-6-4-7-13-30)28-41(39-25-23-35(27-36)45(34)46(38)39)32-18-20-33(21-19-32)44-29-42(31-14-8-5-9-15-31)37-16-10-11-17-43(37)48-44;1-26-22-39(43-38-13-9-8-12-33(26)38)29-16-14-28(15-17-29)37-25-36(27-10-6-5-7-11-27)34-20-18-30-23-32(42(2,3)4)24-31-19-21-35(37)41(34)40(30)31;1-41(2,3)32-21-29-17-19-34-36(26-9-5-4-6-10-26)23-37(35-20-18-30(22-32)39(29)40(34)35)27-13-15-28(16-14-27)38-25-42-24-31-11-7-8-12-33(31)38/h4-29H,1-3H3;5-25H,1-4H3;4-25H,1-3H3. The summed E-state index contributed by atoms with van der Waals surface area (Å²) in [6.45, 7) is 22.8. The number of rotatable bonds is 10. The van der Waals surface area contributed by atoms with Gasteiger partial charge in [0.25, 0.3) is 0 Å². The van der Waals surface area contributed by atoms with Crippen molar-refractivity contribution in [3.8, 4) is 112 Å². The average Bonchev–Trinajstić information content (AvgIpc) is 0.723. The lowest BCUT2D eigenvalue weighted by molar-refractivity contribution is 0.591. The Bertz CT molecular complexity index is 8740. The molecule has 0 unspecified atom stereocenters. The zero-order valence-electron chi connectivity index (χ0n) is 76.7. The maximum atomic E-state index is 5.12. The van der Waals surface area contributed by atoms with Crippen LogP contribution in [-0.4, -0.2) is 15.0 Å². The van der Waals surface area contributed by atoms with Crippen LogP contribution in [0.1, 0.15) is 84.6 Å². The van der Waals surface area contributed by atoms with Gasteiger partial charge in [0.05, 0.1) is 22.4 Å². The van der Waals surface area contributed by atoms with E-state index in [9.17, 15) is 0 Å². The number of aromatic nitrogens is 3. The summed E-state index contributed by atoms with van der Waals surface area (Å²) in [7, 11) is 0. The molecule has 3 aromatic heterocycles. The molecule has 0 saturated carbocycles. The second kappa shape index (κ2) is 32.4. The van der Waals surface area contributed by atoms with Crippen LogP contribution in [0, 0.1) is 6.92 Å². The Hall–Kier alpha value is -15.8. The molecule has 0 aliphatic rings. The fraction of sp³-hybridized carbons (Fsp3) is 0.100. The Kier molecular flexibility index (Phi) is 19.9. The summed E-state index contributed by atoms with van der Waals surface area (Å²) in [6.07, 6.45) is 3.92. The van der Waals surface area contributed by atoms with Gasteiger partial charge in [0.1, 0.15) is 0 Å². The van der Waals surface area contributed by atoms with Crippen LogP contribution in [0.4, 0.5) is 0 Å². The van der Waals surface area contributed by atoms with Gasteiger partial charge in [-0.1, -0.05) is 426 Å². The molecule has 0 aliphatic carbocycles. The summed E-state index contributed by atoms with van der Waals surface area (Å²) in [4.78, 5) is 14.6. The van der Waals surface area contributed by atoms with Gasteiger partial charge in [-0.25, -0.2) is 9.97 Å². The van der Waals surface area contributed by atoms with Crippen LogP contribution >= 0.6 is 0 Å². The molecule has 0 amide bonds. The summed E-state index contributed by atoms with van der Waals surface area (Å²) in [5.41, 5.74) is 31.6. The minimum Gasteiger partial charge on any atom is -0.263 e. The van der Waals surface area contributed by atoms with E-state index in [1.54, 1.807) is 0 Å². The molecule has 25 rings (SSSR count). The largest absolute Gasteiger partial charge is 0.263 e. The summed E-state index contributed by atoms with van der Waals surface area (Å²) in [5, 5.41) is 28.5. The summed E-state index contributed by atoms with van der Waals surface area (Å²) in [5.74, 6) is 0. The molecule has 0 atom stereocenters. The normalized spacial score (nSPS) is 12.1. The topological polar surface area (TPSA) is 38.7 Å². The van der Waals surface area contributed by atoms with Crippen LogP contribution in [0.3, 0.4) is 0 Å². The number of hydrogen-bond donors (Lipinski definition) is 0. The SMILES string of the molecule is CC(C)(C)c1cc2ccc3c(-c4ccccc4)cc(-c4ccc(-c5cc(-c6ccccc6)c6ccccc6n5)cc4)c4ccc(c1)c2c34.CC(C)(C)c1cc2ccc3c(-c4ccccc4)cc(-c4ccc(-c5cncc6ccccc56)cc4)c4ccc(c1)c2c34.Cc1cc(-c2ccc(-c3cc(-c4ccccc4)c4ccc5cc(C(C)(C)C)cc6ccc3c4c56)cc2)nc2ccccc12. The molecule has 25 aromatic rings. The first-order valence-electron chi connectivity index (χ1n) is 46.6. The van der Waals surface area contributed by atoms with E-state index in [1.807, 2.05) is 12.4 Å². The van der Waals surface area contributed by atoms with E-state index < -0.39 is 0 Å². The Morgan fingerprint density at radius 1 is 0.173 bits per heavy atom. The van der Waals surface area contributed by atoms with Crippen molar-refractivity contribution in [1.29, 1.82) is 0 Å². The molecule has 0 radical (unpaired) electrons. The van der Waals surface area contributed by atoms with Gasteiger partial charge < -0.3 is 0 Å². The molecule has 0 bridgehead atoms. The fourth-order valence-electron chi connectivity index (χ4n) is 20.8. The first-order chi connectivity index (χ1) is 64.7. The Morgan fingerprint density at radius 2 is 0.429 bits per heavy atom. The van der Waals surface area contributed by atoms with Gasteiger partial charge in [-0.2, -0.15) is 0 Å². The summed E-state index contributed by atoms with van der Waals surface area (Å²) < 4.78 is 0. The van der Waals surface area contributed by atoms with E-state index in [1.165, 1.54) is 219 Å². The molecule has 3 heteroatoms. The smallest absolute Gasteiger partial charge is 0.0715 e. The summed E-state index contributed by atoms with van der Waals surface area (Å²) >= 11 is 0. The molecule has 3 nitrogen and oxygen atoms in total. The number of pyridine rings is 3. The number of hydrogen-bond acceptors (Lipinski definition) is 3. The first kappa shape index (κ1) is 81.7. The third kappa shape index (κ3) is 14.7. The maximum Gasteiger partial charge on any atom is 0.0715 e. The lowest BCUT2D eigenvalue weighted by atomic mass is 9.81. The second-order valence-electron chi connectivity index (χ2n) is 39.4. The molecular weight excluding hydrogens is 1600 g/mol. The predicted octanol–water partition coefficient (Wildman–Crippen LogP) is 36.3. The van der Waals surface area contributed by atoms with Gasteiger partial charge in [0.2, 0.25) is 0 Å². The van der Waals surface area contributed by atoms with Crippen molar-refractivity contribution in [3.05, 3.63) is 441 Å². The van der Waals surface area contributed by atoms with Gasteiger partial charge >= 0.3 is 0 Å². The van der Waals surface area contributed by atoms with Crippen molar-refractivity contribution in [1.82, 2.24) is 15.0 Å². The molecule has 3 heterocycles. The van der Waals surface area contributed by atoms with E-state index in [-0.39, 0.29) is 16.2 Å². The van der Waals surface area contributed by atoms with Gasteiger partial charge in [-0.15, -0.1) is 0 Å². The average molecular weight is 1700 g/mol. The molecule has 0 N–H and O–H groups in total. The predicted molar refractivity (Wildman–Crippen MR) is 572 cm³/mol. The van der Waals surface area contributed by atoms with Gasteiger partial charge in [-0.05, 0) is 274 Å². The van der Waals surface area contributed by atoms with Crippen LogP contribution in [0.15, 0.2) is 419 Å². The van der Waals surface area contributed by atoms with E-state index in [0.717, 1.165) is 44.5 Å². The molecular formula is C130H99N3. The van der Waals surface area contributed by atoms with Crippen LogP contribution < -0.4 is 0 Å². The van der Waals surface area contributed by atoms with Crippen molar-refractivity contribution in [2.75, 3.05) is 0 Å². The highest BCUT2D eigenvalue weighted by molar-refractivity contribution is 6.31. The molecule has 0 saturated heterocycles. The lowest BCUT2D eigenvalue weighted by Gasteiger charge is -2.23. The first-order valence-corrected chi connectivity index (χ1v) is 46.6. The van der Waals surface area contributed by atoms with Crippen molar-refractivity contribution < 1.29 is 0 Å². The lowest BCUT2D eigenvalue weighted by Crippen LogP contribution is -2.10. The molecule has 133 heavy (non-hydrogen) atoms. The highest BCUT2D eigenvalue weighted by atomic mass is 14.7. The maximum absolute atomic E-state index is 5.12. The fourth-order valence-corrected chi connectivity index (χ4v) is 20.8. The molecule has 0 fully saturated rings. The zero-order valence-corrected chi connectivity index (χ0v) is 76.7. The van der Waals surface area contributed by atoms with Crippen molar-refractivity contribution >= 4 is 130 Å². The van der Waals surface area contributed by atoms with Crippen LogP contribution in [0.5, 0.6) is 0 Å². The number of aryl methyl sites for hydroxylation is 1. The van der Waals surface area contributed by atoms with E-state index in [0.29, 0.717) is 0 Å². The van der Waals surface area contributed by atoms with E-state index in [2.05, 4.69) is 481 Å². The minimum absolute atomic E-state index is 0.0777. The summed E-state index contributed by atoms with van der Waals surface area (Å²) in [6, 6.07) is 149. The Labute approximate surface area is 777 Å². The monoisotopic (exact) mass is 1700 g/mol. The quantitative estimate of drug-likeness (QED) is 0.128. The molecule has 22 aromatic carbocycles. The number of fused-ring (bicyclic) bond motifs is 3. The number of nitrogens with zero attached hydrogens (tertiary/aromatic N) is 3. The van der Waals surface area contributed by atoms with Crippen molar-refractivity contribution in [2.24, 2.45) is 0 Å². The van der Waals surface area contributed by atoms with E-state index >= 15 is 0 Å². The number of para-hydroxylation sites is 2. The van der Waals surface area contributed by atoms with Crippen molar-refractivity contribution in [3.63, 3.8) is 0 Å². The van der Waals surface area contributed by atoms with Crippen LogP contribution in [-0.2, 0) is 16.2 Å². The Morgan fingerprint density at radius 3 is 0.759 bits per heavy atom. The zero-order chi connectivity index (χ0) is 90.1. The highest BCUT2D eigenvalue weighted by Crippen LogP contribution is 2.51. The molecule has 0 spiro atoms. The van der Waals surface area contributed by atoms with Crippen molar-refractivity contribution in [2.45, 2.75) is 85.5 Å². The minimum atomic E-state index is 0.0777. The second-order valence-corrected chi connectivity index (χ2v) is 39.4. The third-order valence-corrected chi connectivity index (χ3v) is 27.9. The van der Waals surface area contributed by atoms with Gasteiger partial charge in [-0.3, -0.25) is 4.98 Å². The Balaban J connectivity index is 0.000000113. The highest BCUT2D eigenvalue weighted by Gasteiger charge is 2.27. The number of benzene rings is 22. The van der Waals surface area contributed by atoms with Crippen LogP contribution in [0.25, 0.3) is 241 Å². The van der Waals surface area contributed by atoms with E-state index in [4.69, 9.17) is 9.97 Å². The van der Waals surface area contributed by atoms with Crippen LogP contribution in [0.2, 0.25) is 0 Å². The van der Waals surface area contributed by atoms with Gasteiger partial charge in [0.15, 0.2) is 0 Å².